The van der Waals surface area contributed by atoms with Crippen molar-refractivity contribution in [1.29, 1.82) is 0 Å². The van der Waals surface area contributed by atoms with E-state index in [9.17, 15) is 4.39 Å². The normalized spacial score (nSPS) is 16.6. The lowest BCUT2D eigenvalue weighted by Crippen LogP contribution is -2.32. The molecule has 1 fully saturated rings. The molecule has 2 rings (SSSR count). The molecule has 148 valence electrons. The first kappa shape index (κ1) is 21.3. The van der Waals surface area contributed by atoms with E-state index in [2.05, 4.69) is 36.5 Å². The van der Waals surface area contributed by atoms with Crippen molar-refractivity contribution >= 4 is 12.6 Å². The minimum Gasteiger partial charge on any atom is -0.357 e. The highest BCUT2D eigenvalue weighted by atomic mass is 19.1. The maximum Gasteiger partial charge on any atom is 0.163 e. The summed E-state index contributed by atoms with van der Waals surface area (Å²) in [5.41, 5.74) is 0.409. The highest BCUT2D eigenvalue weighted by molar-refractivity contribution is 6.02. The predicted molar refractivity (Wildman–Crippen MR) is 114 cm³/mol. The Balaban J connectivity index is 2.17. The van der Waals surface area contributed by atoms with Crippen LogP contribution < -0.4 is 0 Å². The average Bonchev–Trinajstić information content (AvgIpc) is 2.68. The van der Waals surface area contributed by atoms with Gasteiger partial charge in [-0.15, -0.1) is 0 Å². The van der Waals surface area contributed by atoms with Gasteiger partial charge in [0.15, 0.2) is 5.84 Å². The Morgan fingerprint density at radius 1 is 1.19 bits per heavy atom. The highest BCUT2D eigenvalue weighted by Crippen LogP contribution is 2.22. The average molecular weight is 372 g/mol. The number of amidine groups is 1. The SMILES string of the molecule is C=N/C(=N\C(=C/CCCCCCC)N1CCC(C)CC1)c1ccccc1F. The van der Waals surface area contributed by atoms with E-state index in [1.54, 1.807) is 18.2 Å². The van der Waals surface area contributed by atoms with Crippen LogP contribution in [0.5, 0.6) is 0 Å². The molecular weight excluding hydrogens is 337 g/mol. The summed E-state index contributed by atoms with van der Waals surface area (Å²) >= 11 is 0. The van der Waals surface area contributed by atoms with Gasteiger partial charge >= 0.3 is 0 Å². The van der Waals surface area contributed by atoms with E-state index in [0.29, 0.717) is 11.4 Å². The summed E-state index contributed by atoms with van der Waals surface area (Å²) < 4.78 is 14.2. The van der Waals surface area contributed by atoms with Gasteiger partial charge in [0.05, 0.1) is 5.56 Å². The van der Waals surface area contributed by atoms with Crippen LogP contribution in [0.2, 0.25) is 0 Å². The van der Waals surface area contributed by atoms with Crippen LogP contribution in [-0.2, 0) is 0 Å². The smallest absolute Gasteiger partial charge is 0.163 e. The third-order valence-corrected chi connectivity index (χ3v) is 5.23. The topological polar surface area (TPSA) is 28.0 Å². The molecule has 0 aliphatic carbocycles. The van der Waals surface area contributed by atoms with Gasteiger partial charge < -0.3 is 4.90 Å². The van der Waals surface area contributed by atoms with E-state index < -0.39 is 0 Å². The molecule has 0 atom stereocenters. The van der Waals surface area contributed by atoms with Gasteiger partial charge in [-0.05, 0) is 56.5 Å². The van der Waals surface area contributed by atoms with Crippen molar-refractivity contribution in [2.24, 2.45) is 15.9 Å². The number of hydrogen-bond acceptors (Lipinski definition) is 2. The molecule has 1 aromatic rings. The molecule has 1 saturated heterocycles. The number of rotatable bonds is 9. The van der Waals surface area contributed by atoms with Crippen molar-refractivity contribution in [3.63, 3.8) is 0 Å². The number of aliphatic imine (C=N–C) groups is 2. The van der Waals surface area contributed by atoms with Crippen molar-refractivity contribution in [2.75, 3.05) is 13.1 Å². The van der Waals surface area contributed by atoms with Crippen LogP contribution in [0.1, 0.15) is 70.8 Å². The van der Waals surface area contributed by atoms with Gasteiger partial charge in [-0.1, -0.05) is 51.7 Å². The zero-order chi connectivity index (χ0) is 19.5. The van der Waals surface area contributed by atoms with Crippen molar-refractivity contribution in [3.05, 3.63) is 47.5 Å². The third-order valence-electron chi connectivity index (χ3n) is 5.23. The fourth-order valence-electron chi connectivity index (χ4n) is 3.39. The number of allylic oxidation sites excluding steroid dienone is 1. The fraction of sp³-hybridized carbons (Fsp3) is 0.565. The van der Waals surface area contributed by atoms with Gasteiger partial charge in [-0.2, -0.15) is 0 Å². The molecule has 27 heavy (non-hydrogen) atoms. The summed E-state index contributed by atoms with van der Waals surface area (Å²) in [6, 6.07) is 6.64. The van der Waals surface area contributed by atoms with Gasteiger partial charge in [0, 0.05) is 13.1 Å². The van der Waals surface area contributed by atoms with Crippen molar-refractivity contribution in [3.8, 4) is 0 Å². The second-order valence-corrected chi connectivity index (χ2v) is 7.51. The number of halogens is 1. The summed E-state index contributed by atoms with van der Waals surface area (Å²) in [4.78, 5) is 11.1. The molecule has 0 N–H and O–H groups in total. The lowest BCUT2D eigenvalue weighted by molar-refractivity contribution is 0.235. The lowest BCUT2D eigenvalue weighted by Gasteiger charge is -2.32. The number of benzene rings is 1. The monoisotopic (exact) mass is 371 g/mol. The van der Waals surface area contributed by atoms with Crippen molar-refractivity contribution in [2.45, 2.75) is 65.2 Å². The molecule has 1 aliphatic heterocycles. The van der Waals surface area contributed by atoms with Crippen LogP contribution in [-0.4, -0.2) is 30.5 Å². The molecule has 3 nitrogen and oxygen atoms in total. The van der Waals surface area contributed by atoms with Crippen LogP contribution in [0.25, 0.3) is 0 Å². The highest BCUT2D eigenvalue weighted by Gasteiger charge is 2.18. The number of piperidine rings is 1. The number of hydrogen-bond donors (Lipinski definition) is 0. The second-order valence-electron chi connectivity index (χ2n) is 7.51. The molecule has 1 heterocycles. The number of likely N-dealkylation sites (tertiary alicyclic amines) is 1. The summed E-state index contributed by atoms with van der Waals surface area (Å²) in [5, 5.41) is 0. The van der Waals surface area contributed by atoms with Gasteiger partial charge in [-0.25, -0.2) is 14.4 Å². The van der Waals surface area contributed by atoms with Gasteiger partial charge in [0.2, 0.25) is 0 Å². The molecule has 4 heteroatoms. The molecule has 1 aromatic carbocycles. The van der Waals surface area contributed by atoms with E-state index in [4.69, 9.17) is 4.99 Å². The molecule has 0 radical (unpaired) electrons. The van der Waals surface area contributed by atoms with E-state index in [1.807, 2.05) is 0 Å². The first-order chi connectivity index (χ1) is 13.2. The van der Waals surface area contributed by atoms with Crippen LogP contribution in [0, 0.1) is 11.7 Å². The maximum atomic E-state index is 14.2. The fourth-order valence-corrected chi connectivity index (χ4v) is 3.39. The quantitative estimate of drug-likeness (QED) is 0.288. The van der Waals surface area contributed by atoms with Gasteiger partial charge in [0.25, 0.3) is 0 Å². The van der Waals surface area contributed by atoms with E-state index in [1.165, 1.54) is 51.0 Å². The first-order valence-corrected chi connectivity index (χ1v) is 10.4. The van der Waals surface area contributed by atoms with Crippen LogP contribution >= 0.6 is 0 Å². The zero-order valence-electron chi connectivity index (χ0n) is 17.0. The Morgan fingerprint density at radius 2 is 1.89 bits per heavy atom. The molecule has 0 spiro atoms. The summed E-state index contributed by atoms with van der Waals surface area (Å²) in [7, 11) is 0. The summed E-state index contributed by atoms with van der Waals surface area (Å²) in [6.07, 6.45) is 11.8. The number of nitrogens with zero attached hydrogens (tertiary/aromatic N) is 3. The van der Waals surface area contributed by atoms with E-state index in [-0.39, 0.29) is 5.82 Å². The standard InChI is InChI=1S/C23H34FN3/c1-4-5-6-7-8-9-14-22(27-17-15-19(2)16-18-27)26-23(25-3)20-12-10-11-13-21(20)24/h10-14,19H,3-9,15-18H2,1-2H3/b22-14+,26-23-. The zero-order valence-corrected chi connectivity index (χ0v) is 17.0. The Labute approximate surface area is 164 Å². The van der Waals surface area contributed by atoms with Crippen molar-refractivity contribution in [1.82, 2.24) is 4.90 Å². The van der Waals surface area contributed by atoms with Crippen LogP contribution in [0.4, 0.5) is 4.39 Å². The minimum atomic E-state index is -0.310. The molecular formula is C23H34FN3. The molecule has 1 aliphatic rings. The minimum absolute atomic E-state index is 0.310. The Morgan fingerprint density at radius 3 is 2.56 bits per heavy atom. The summed E-state index contributed by atoms with van der Waals surface area (Å²) in [6.45, 7) is 10.1. The molecule has 0 saturated carbocycles. The van der Waals surface area contributed by atoms with Crippen LogP contribution in [0.15, 0.2) is 46.1 Å². The molecule has 0 bridgehead atoms. The van der Waals surface area contributed by atoms with E-state index >= 15 is 0 Å². The Bertz CT molecular complexity index is 643. The Kier molecular flexibility index (Phi) is 9.23. The lowest BCUT2D eigenvalue weighted by atomic mass is 9.99. The third kappa shape index (κ3) is 6.93. The molecule has 0 unspecified atom stereocenters. The second kappa shape index (κ2) is 11.7. The Hall–Kier alpha value is -1.97. The number of unbranched alkanes of at least 4 members (excludes halogenated alkanes) is 5. The molecule has 0 amide bonds. The van der Waals surface area contributed by atoms with Crippen molar-refractivity contribution < 1.29 is 4.39 Å². The van der Waals surface area contributed by atoms with Gasteiger partial charge in [0.1, 0.15) is 11.6 Å². The van der Waals surface area contributed by atoms with E-state index in [0.717, 1.165) is 31.2 Å². The predicted octanol–water partition coefficient (Wildman–Crippen LogP) is 6.21. The van der Waals surface area contributed by atoms with Gasteiger partial charge in [-0.3, -0.25) is 0 Å². The first-order valence-electron chi connectivity index (χ1n) is 10.4. The largest absolute Gasteiger partial charge is 0.357 e. The molecule has 0 aromatic heterocycles. The maximum absolute atomic E-state index is 14.2. The van der Waals surface area contributed by atoms with Crippen LogP contribution in [0.3, 0.4) is 0 Å². The summed E-state index contributed by atoms with van der Waals surface area (Å²) in [5.74, 6) is 1.73.